The zero-order valence-corrected chi connectivity index (χ0v) is 14.4. The number of benzene rings is 2. The van der Waals surface area contributed by atoms with E-state index in [1.54, 1.807) is 20.5 Å². The Morgan fingerprint density at radius 2 is 1.77 bits per heavy atom. The highest BCUT2D eigenvalue weighted by Crippen LogP contribution is 2.34. The molecule has 26 heavy (non-hydrogen) atoms. The Labute approximate surface area is 150 Å². The number of anilines is 2. The molecule has 0 unspecified atom stereocenters. The number of nitrogens with one attached hydrogen (secondary N) is 1. The first kappa shape index (κ1) is 16.0. The number of rotatable bonds is 5. The van der Waals surface area contributed by atoms with Gasteiger partial charge >= 0.3 is 0 Å². The fourth-order valence-electron chi connectivity index (χ4n) is 2.81. The first-order valence-electron chi connectivity index (χ1n) is 8.06. The highest BCUT2D eigenvalue weighted by atomic mass is 16.5. The van der Waals surface area contributed by atoms with Crippen LogP contribution >= 0.6 is 0 Å². The summed E-state index contributed by atoms with van der Waals surface area (Å²) >= 11 is 0. The maximum Gasteiger partial charge on any atom is 0.162 e. The standard InChI is InChI=1S/C20H17N3O3/c1-24-18-10-15-16(11-19(18)25-2)21-12-22-20(15)23-14-6-3-5-13(9-14)17-7-4-8-26-17/h3-12H,1-2H3,(H,21,22,23). The van der Waals surface area contributed by atoms with Crippen molar-refractivity contribution in [3.05, 3.63) is 61.1 Å². The molecule has 4 aromatic rings. The summed E-state index contributed by atoms with van der Waals surface area (Å²) in [7, 11) is 3.21. The van der Waals surface area contributed by atoms with Crippen LogP contribution in [0.4, 0.5) is 11.5 Å². The smallest absolute Gasteiger partial charge is 0.162 e. The van der Waals surface area contributed by atoms with Gasteiger partial charge in [0.25, 0.3) is 0 Å². The zero-order chi connectivity index (χ0) is 17.9. The minimum Gasteiger partial charge on any atom is -0.493 e. The van der Waals surface area contributed by atoms with Gasteiger partial charge in [0.05, 0.1) is 26.0 Å². The second kappa shape index (κ2) is 6.76. The van der Waals surface area contributed by atoms with Gasteiger partial charge in [0.15, 0.2) is 11.5 Å². The lowest BCUT2D eigenvalue weighted by molar-refractivity contribution is 0.356. The van der Waals surface area contributed by atoms with E-state index in [1.165, 1.54) is 6.33 Å². The maximum atomic E-state index is 5.47. The SMILES string of the molecule is COc1cc2ncnc(Nc3cccc(-c4ccco4)c3)c2cc1OC. The lowest BCUT2D eigenvalue weighted by atomic mass is 10.1. The van der Waals surface area contributed by atoms with Crippen LogP contribution in [0, 0.1) is 0 Å². The van der Waals surface area contributed by atoms with Crippen molar-refractivity contribution < 1.29 is 13.9 Å². The van der Waals surface area contributed by atoms with E-state index in [0.717, 1.165) is 27.9 Å². The summed E-state index contributed by atoms with van der Waals surface area (Å²) in [5.74, 6) is 2.76. The van der Waals surface area contributed by atoms with Gasteiger partial charge in [0, 0.05) is 22.7 Å². The molecule has 2 aromatic carbocycles. The minimum absolute atomic E-state index is 0.627. The molecule has 6 nitrogen and oxygen atoms in total. The van der Waals surface area contributed by atoms with Gasteiger partial charge in [0.2, 0.25) is 0 Å². The monoisotopic (exact) mass is 347 g/mol. The third-order valence-corrected chi connectivity index (χ3v) is 4.07. The third kappa shape index (κ3) is 2.93. The molecule has 2 aromatic heterocycles. The Kier molecular flexibility index (Phi) is 4.15. The van der Waals surface area contributed by atoms with E-state index in [1.807, 2.05) is 48.5 Å². The molecular formula is C20H17N3O3. The van der Waals surface area contributed by atoms with Crippen LogP contribution in [0.5, 0.6) is 11.5 Å². The number of hydrogen-bond acceptors (Lipinski definition) is 6. The van der Waals surface area contributed by atoms with Crippen LogP contribution in [0.1, 0.15) is 0 Å². The van der Waals surface area contributed by atoms with Crippen molar-refractivity contribution in [1.29, 1.82) is 0 Å². The number of furan rings is 1. The van der Waals surface area contributed by atoms with E-state index in [-0.39, 0.29) is 0 Å². The van der Waals surface area contributed by atoms with E-state index < -0.39 is 0 Å². The molecule has 0 atom stereocenters. The Morgan fingerprint density at radius 3 is 2.54 bits per heavy atom. The number of aromatic nitrogens is 2. The van der Waals surface area contributed by atoms with Gasteiger partial charge in [-0.05, 0) is 30.3 Å². The Bertz CT molecular complexity index is 1050. The largest absolute Gasteiger partial charge is 0.493 e. The molecule has 0 fully saturated rings. The molecule has 6 heteroatoms. The molecule has 0 bridgehead atoms. The number of hydrogen-bond donors (Lipinski definition) is 1. The van der Waals surface area contributed by atoms with Crippen LogP contribution in [0.3, 0.4) is 0 Å². The van der Waals surface area contributed by atoms with Crippen LogP contribution < -0.4 is 14.8 Å². The van der Waals surface area contributed by atoms with E-state index in [4.69, 9.17) is 13.9 Å². The highest BCUT2D eigenvalue weighted by molar-refractivity contribution is 5.93. The summed E-state index contributed by atoms with van der Waals surface area (Å²) in [6.07, 6.45) is 3.18. The van der Waals surface area contributed by atoms with Crippen molar-refractivity contribution in [1.82, 2.24) is 9.97 Å². The first-order valence-corrected chi connectivity index (χ1v) is 8.06. The van der Waals surface area contributed by atoms with E-state index in [9.17, 15) is 0 Å². The molecule has 1 N–H and O–H groups in total. The van der Waals surface area contributed by atoms with Crippen LogP contribution in [-0.4, -0.2) is 24.2 Å². The molecule has 4 rings (SSSR count). The summed E-state index contributed by atoms with van der Waals surface area (Å²) in [6.45, 7) is 0. The Hall–Kier alpha value is -3.54. The van der Waals surface area contributed by atoms with Gasteiger partial charge < -0.3 is 19.2 Å². The molecular weight excluding hydrogens is 330 g/mol. The number of nitrogens with zero attached hydrogens (tertiary/aromatic N) is 2. The lowest BCUT2D eigenvalue weighted by Gasteiger charge is -2.12. The average molecular weight is 347 g/mol. The minimum atomic E-state index is 0.627. The molecule has 0 aliphatic heterocycles. The van der Waals surface area contributed by atoms with Crippen molar-refractivity contribution in [3.63, 3.8) is 0 Å². The molecule has 0 amide bonds. The van der Waals surface area contributed by atoms with Crippen molar-refractivity contribution in [3.8, 4) is 22.8 Å². The molecule has 130 valence electrons. The predicted octanol–water partition coefficient (Wildman–Crippen LogP) is 4.65. The van der Waals surface area contributed by atoms with E-state index >= 15 is 0 Å². The van der Waals surface area contributed by atoms with E-state index in [0.29, 0.717) is 17.3 Å². The van der Waals surface area contributed by atoms with Crippen LogP contribution in [0.15, 0.2) is 65.5 Å². The molecule has 0 saturated carbocycles. The molecule has 0 saturated heterocycles. The Morgan fingerprint density at radius 1 is 0.923 bits per heavy atom. The predicted molar refractivity (Wildman–Crippen MR) is 100 cm³/mol. The summed E-state index contributed by atoms with van der Waals surface area (Å²) in [5, 5.41) is 4.19. The number of ether oxygens (including phenoxy) is 2. The summed E-state index contributed by atoms with van der Waals surface area (Å²) in [6, 6.07) is 15.4. The van der Waals surface area contributed by atoms with Gasteiger partial charge in [0.1, 0.15) is 17.9 Å². The molecule has 0 radical (unpaired) electrons. The summed E-state index contributed by atoms with van der Waals surface area (Å²) < 4.78 is 16.2. The summed E-state index contributed by atoms with van der Waals surface area (Å²) in [5.41, 5.74) is 2.65. The molecule has 2 heterocycles. The second-order valence-corrected chi connectivity index (χ2v) is 5.63. The van der Waals surface area contributed by atoms with Crippen LogP contribution in [-0.2, 0) is 0 Å². The first-order chi connectivity index (χ1) is 12.8. The molecule has 0 aliphatic carbocycles. The van der Waals surface area contributed by atoms with Gasteiger partial charge in [-0.3, -0.25) is 0 Å². The highest BCUT2D eigenvalue weighted by Gasteiger charge is 2.11. The van der Waals surface area contributed by atoms with Crippen LogP contribution in [0.25, 0.3) is 22.2 Å². The molecule has 0 aliphatic rings. The number of fused-ring (bicyclic) bond motifs is 1. The molecule has 0 spiro atoms. The fraction of sp³-hybridized carbons (Fsp3) is 0.100. The second-order valence-electron chi connectivity index (χ2n) is 5.63. The Balaban J connectivity index is 1.75. The third-order valence-electron chi connectivity index (χ3n) is 4.07. The van der Waals surface area contributed by atoms with E-state index in [2.05, 4.69) is 15.3 Å². The van der Waals surface area contributed by atoms with Crippen LogP contribution in [0.2, 0.25) is 0 Å². The number of methoxy groups -OCH3 is 2. The van der Waals surface area contributed by atoms with Gasteiger partial charge in [-0.15, -0.1) is 0 Å². The summed E-state index contributed by atoms with van der Waals surface area (Å²) in [4.78, 5) is 8.71. The average Bonchev–Trinajstić information content (AvgIpc) is 3.22. The topological polar surface area (TPSA) is 69.4 Å². The van der Waals surface area contributed by atoms with Gasteiger partial charge in [-0.1, -0.05) is 12.1 Å². The zero-order valence-electron chi connectivity index (χ0n) is 14.4. The van der Waals surface area contributed by atoms with Crippen molar-refractivity contribution in [2.24, 2.45) is 0 Å². The fourth-order valence-corrected chi connectivity index (χ4v) is 2.81. The van der Waals surface area contributed by atoms with Crippen molar-refractivity contribution in [2.45, 2.75) is 0 Å². The van der Waals surface area contributed by atoms with Crippen molar-refractivity contribution >= 4 is 22.4 Å². The van der Waals surface area contributed by atoms with Gasteiger partial charge in [-0.2, -0.15) is 0 Å². The van der Waals surface area contributed by atoms with Gasteiger partial charge in [-0.25, -0.2) is 9.97 Å². The maximum absolute atomic E-state index is 5.47. The normalized spacial score (nSPS) is 10.7. The lowest BCUT2D eigenvalue weighted by Crippen LogP contribution is -1.98. The van der Waals surface area contributed by atoms with Crippen molar-refractivity contribution in [2.75, 3.05) is 19.5 Å². The quantitative estimate of drug-likeness (QED) is 0.567.